The smallest absolute Gasteiger partial charge is 0.250 e. The van der Waals surface area contributed by atoms with Crippen LogP contribution in [0.25, 0.3) is 5.95 Å². The maximum Gasteiger partial charge on any atom is 0.250 e. The number of nitrogens with zero attached hydrogens (tertiary/aromatic N) is 4. The average Bonchev–Trinajstić information content (AvgIpc) is 2.55. The summed E-state index contributed by atoms with van der Waals surface area (Å²) in [6.45, 7) is 5.50. The van der Waals surface area contributed by atoms with Gasteiger partial charge in [0.2, 0.25) is 0 Å². The molecule has 0 bridgehead atoms. The van der Waals surface area contributed by atoms with Crippen LogP contribution in [-0.2, 0) is 0 Å². The minimum atomic E-state index is -0.530. The number of hydrogen-bond acceptors (Lipinski definition) is 4. The average molecular weight is 218 g/mol. The van der Waals surface area contributed by atoms with Gasteiger partial charge in [0.15, 0.2) is 0 Å². The van der Waals surface area contributed by atoms with Crippen molar-refractivity contribution in [1.29, 1.82) is 0 Å². The molecule has 0 amide bonds. The van der Waals surface area contributed by atoms with E-state index in [1.165, 1.54) is 0 Å². The lowest BCUT2D eigenvalue weighted by Crippen LogP contribution is -2.04. The second kappa shape index (κ2) is 4.02. The van der Waals surface area contributed by atoms with Crippen molar-refractivity contribution in [2.75, 3.05) is 0 Å². The zero-order valence-corrected chi connectivity index (χ0v) is 9.55. The third-order valence-electron chi connectivity index (χ3n) is 2.51. The quantitative estimate of drug-likeness (QED) is 0.826. The van der Waals surface area contributed by atoms with Crippen molar-refractivity contribution < 1.29 is 5.11 Å². The number of aliphatic hydroxyl groups is 1. The van der Waals surface area contributed by atoms with Crippen LogP contribution in [0.3, 0.4) is 0 Å². The normalized spacial score (nSPS) is 12.8. The molecule has 0 radical (unpaired) electrons. The summed E-state index contributed by atoms with van der Waals surface area (Å²) >= 11 is 0. The first-order chi connectivity index (χ1) is 7.61. The highest BCUT2D eigenvalue weighted by molar-refractivity contribution is 5.30. The lowest BCUT2D eigenvalue weighted by Gasteiger charge is -2.05. The van der Waals surface area contributed by atoms with E-state index in [4.69, 9.17) is 0 Å². The van der Waals surface area contributed by atoms with Crippen LogP contribution in [0.5, 0.6) is 0 Å². The molecule has 16 heavy (non-hydrogen) atoms. The summed E-state index contributed by atoms with van der Waals surface area (Å²) in [6, 6.07) is 1.75. The molecule has 1 unspecified atom stereocenters. The van der Waals surface area contributed by atoms with Crippen LogP contribution in [-0.4, -0.2) is 24.9 Å². The van der Waals surface area contributed by atoms with E-state index in [1.807, 2.05) is 13.8 Å². The molecule has 2 heterocycles. The molecule has 5 nitrogen and oxygen atoms in total. The van der Waals surface area contributed by atoms with Crippen molar-refractivity contribution >= 4 is 0 Å². The van der Waals surface area contributed by atoms with Gasteiger partial charge in [-0.25, -0.2) is 14.6 Å². The van der Waals surface area contributed by atoms with E-state index in [-0.39, 0.29) is 0 Å². The molecule has 0 spiro atoms. The van der Waals surface area contributed by atoms with Gasteiger partial charge >= 0.3 is 0 Å². The standard InChI is InChI=1S/C11H14N4O/c1-7-10(9(3)16)8(2)15(14-7)11-12-5-4-6-13-11/h4-6,9,16H,1-3H3. The van der Waals surface area contributed by atoms with Gasteiger partial charge in [-0.1, -0.05) is 0 Å². The van der Waals surface area contributed by atoms with Gasteiger partial charge in [-0.3, -0.25) is 0 Å². The molecule has 0 saturated heterocycles. The van der Waals surface area contributed by atoms with Crippen LogP contribution in [0.2, 0.25) is 0 Å². The van der Waals surface area contributed by atoms with E-state index in [0.29, 0.717) is 5.95 Å². The van der Waals surface area contributed by atoms with Crippen LogP contribution in [0, 0.1) is 13.8 Å². The number of aryl methyl sites for hydroxylation is 1. The first-order valence-corrected chi connectivity index (χ1v) is 5.13. The highest BCUT2D eigenvalue weighted by atomic mass is 16.3. The predicted molar refractivity (Wildman–Crippen MR) is 59.3 cm³/mol. The molecule has 84 valence electrons. The van der Waals surface area contributed by atoms with Crippen LogP contribution in [0.1, 0.15) is 30.0 Å². The monoisotopic (exact) mass is 218 g/mol. The Morgan fingerprint density at radius 1 is 1.25 bits per heavy atom. The summed E-state index contributed by atoms with van der Waals surface area (Å²) in [7, 11) is 0. The van der Waals surface area contributed by atoms with E-state index in [2.05, 4.69) is 15.1 Å². The minimum absolute atomic E-state index is 0.523. The summed E-state index contributed by atoms with van der Waals surface area (Å²) in [6.07, 6.45) is 2.80. The van der Waals surface area contributed by atoms with Gasteiger partial charge in [0.25, 0.3) is 5.95 Å². The maximum absolute atomic E-state index is 9.65. The lowest BCUT2D eigenvalue weighted by atomic mass is 10.1. The lowest BCUT2D eigenvalue weighted by molar-refractivity contribution is 0.197. The fourth-order valence-corrected chi connectivity index (χ4v) is 1.85. The summed E-state index contributed by atoms with van der Waals surface area (Å²) in [5.41, 5.74) is 2.52. The molecule has 2 rings (SSSR count). The molecule has 1 N–H and O–H groups in total. The van der Waals surface area contributed by atoms with E-state index in [9.17, 15) is 5.11 Å². The second-order valence-electron chi connectivity index (χ2n) is 3.72. The summed E-state index contributed by atoms with van der Waals surface area (Å²) in [5.74, 6) is 0.523. The Morgan fingerprint density at radius 2 is 1.88 bits per heavy atom. The Balaban J connectivity index is 2.56. The molecule has 0 aliphatic heterocycles. The SMILES string of the molecule is Cc1nn(-c2ncccn2)c(C)c1C(C)O. The van der Waals surface area contributed by atoms with E-state index in [0.717, 1.165) is 17.0 Å². The molecule has 0 aliphatic carbocycles. The summed E-state index contributed by atoms with van der Waals surface area (Å²) in [4.78, 5) is 8.26. The Morgan fingerprint density at radius 3 is 2.38 bits per heavy atom. The zero-order valence-electron chi connectivity index (χ0n) is 9.55. The molecule has 0 fully saturated rings. The second-order valence-corrected chi connectivity index (χ2v) is 3.72. The number of aliphatic hydroxyl groups excluding tert-OH is 1. The van der Waals surface area contributed by atoms with Gasteiger partial charge in [-0.15, -0.1) is 0 Å². The van der Waals surface area contributed by atoms with Crippen molar-refractivity contribution in [3.63, 3.8) is 0 Å². The Hall–Kier alpha value is -1.75. The van der Waals surface area contributed by atoms with Gasteiger partial charge < -0.3 is 5.11 Å². The molecule has 2 aromatic rings. The van der Waals surface area contributed by atoms with Crippen LogP contribution < -0.4 is 0 Å². The van der Waals surface area contributed by atoms with Crippen LogP contribution >= 0.6 is 0 Å². The summed E-state index contributed by atoms with van der Waals surface area (Å²) < 4.78 is 1.65. The van der Waals surface area contributed by atoms with Crippen molar-refractivity contribution in [2.45, 2.75) is 26.9 Å². The number of hydrogen-bond donors (Lipinski definition) is 1. The largest absolute Gasteiger partial charge is 0.389 e. The summed E-state index contributed by atoms with van der Waals surface area (Å²) in [5, 5.41) is 14.0. The maximum atomic E-state index is 9.65. The van der Waals surface area contributed by atoms with Gasteiger partial charge in [-0.05, 0) is 26.8 Å². The predicted octanol–water partition coefficient (Wildman–Crippen LogP) is 1.33. The van der Waals surface area contributed by atoms with Gasteiger partial charge in [0.1, 0.15) is 0 Å². The topological polar surface area (TPSA) is 63.8 Å². The fraction of sp³-hybridized carbons (Fsp3) is 0.364. The number of rotatable bonds is 2. The van der Waals surface area contributed by atoms with Crippen molar-refractivity contribution in [2.24, 2.45) is 0 Å². The van der Waals surface area contributed by atoms with Gasteiger partial charge in [-0.2, -0.15) is 5.10 Å². The van der Waals surface area contributed by atoms with E-state index >= 15 is 0 Å². The first-order valence-electron chi connectivity index (χ1n) is 5.13. The van der Waals surface area contributed by atoms with Crippen molar-refractivity contribution in [3.8, 4) is 5.95 Å². The molecular weight excluding hydrogens is 204 g/mol. The van der Waals surface area contributed by atoms with E-state index in [1.54, 1.807) is 30.1 Å². The molecule has 2 aromatic heterocycles. The van der Waals surface area contributed by atoms with E-state index < -0.39 is 6.10 Å². The highest BCUT2D eigenvalue weighted by Crippen LogP contribution is 2.22. The highest BCUT2D eigenvalue weighted by Gasteiger charge is 2.17. The number of aromatic nitrogens is 4. The third-order valence-corrected chi connectivity index (χ3v) is 2.51. The Kier molecular flexibility index (Phi) is 2.70. The van der Waals surface area contributed by atoms with Crippen molar-refractivity contribution in [1.82, 2.24) is 19.7 Å². The molecule has 1 atom stereocenters. The van der Waals surface area contributed by atoms with Crippen LogP contribution in [0.4, 0.5) is 0 Å². The molecule has 0 aliphatic rings. The fourth-order valence-electron chi connectivity index (χ4n) is 1.85. The minimum Gasteiger partial charge on any atom is -0.389 e. The molecule has 0 saturated carbocycles. The first kappa shape index (κ1) is 10.8. The van der Waals surface area contributed by atoms with Crippen molar-refractivity contribution in [3.05, 3.63) is 35.4 Å². The Labute approximate surface area is 93.8 Å². The molecule has 0 aromatic carbocycles. The Bertz CT molecular complexity index is 490. The molecular formula is C11H14N4O. The third kappa shape index (κ3) is 1.69. The van der Waals surface area contributed by atoms with Gasteiger partial charge in [0, 0.05) is 18.0 Å². The van der Waals surface area contributed by atoms with Crippen LogP contribution in [0.15, 0.2) is 18.5 Å². The van der Waals surface area contributed by atoms with Gasteiger partial charge in [0.05, 0.1) is 17.5 Å². The zero-order chi connectivity index (χ0) is 11.7. The molecule has 5 heteroatoms.